The van der Waals surface area contributed by atoms with Gasteiger partial charge in [-0.2, -0.15) is 0 Å². The van der Waals surface area contributed by atoms with E-state index in [1.165, 1.54) is 6.92 Å². The second-order valence-corrected chi connectivity index (χ2v) is 3.10. The van der Waals surface area contributed by atoms with Crippen molar-refractivity contribution in [2.75, 3.05) is 0 Å². The van der Waals surface area contributed by atoms with Crippen molar-refractivity contribution in [3.05, 3.63) is 29.8 Å². The molecule has 1 rings (SSSR count). The van der Waals surface area contributed by atoms with Crippen LogP contribution in [0.4, 0.5) is 8.78 Å². The van der Waals surface area contributed by atoms with Crippen molar-refractivity contribution in [2.45, 2.75) is 19.4 Å². The van der Waals surface area contributed by atoms with Crippen molar-refractivity contribution in [2.24, 2.45) is 0 Å². The molecule has 0 aliphatic rings. The van der Waals surface area contributed by atoms with Crippen LogP contribution in [0.3, 0.4) is 0 Å². The van der Waals surface area contributed by atoms with Crippen molar-refractivity contribution in [3.63, 3.8) is 0 Å². The van der Waals surface area contributed by atoms with Gasteiger partial charge in [0.05, 0.1) is 6.42 Å². The first-order valence-corrected chi connectivity index (χ1v) is 4.32. The number of hydrogen-bond donors (Lipinski definition) is 1. The Bertz CT molecular complexity index is 366. The van der Waals surface area contributed by atoms with E-state index in [1.807, 2.05) is 0 Å². The van der Waals surface area contributed by atoms with Crippen LogP contribution in [0.2, 0.25) is 0 Å². The molecule has 1 N–H and O–H groups in total. The predicted molar refractivity (Wildman–Crippen MR) is 48.7 cm³/mol. The molecule has 0 amide bonds. The molecule has 3 nitrogen and oxygen atoms in total. The lowest BCUT2D eigenvalue weighted by atomic mass is 10.2. The highest BCUT2D eigenvalue weighted by atomic mass is 19.1. The molecule has 1 atom stereocenters. The number of ether oxygens (including phenoxy) is 1. The van der Waals surface area contributed by atoms with Gasteiger partial charge in [0.25, 0.3) is 0 Å². The summed E-state index contributed by atoms with van der Waals surface area (Å²) in [6.07, 6.45) is -0.977. The summed E-state index contributed by atoms with van der Waals surface area (Å²) in [4.78, 5) is 10.3. The third-order valence-corrected chi connectivity index (χ3v) is 1.68. The molecule has 0 aromatic heterocycles. The van der Waals surface area contributed by atoms with Crippen molar-refractivity contribution in [1.82, 2.24) is 0 Å². The molecule has 15 heavy (non-hydrogen) atoms. The fraction of sp³-hybridized carbons (Fsp3) is 0.300. The van der Waals surface area contributed by atoms with Gasteiger partial charge in [-0.1, -0.05) is 0 Å². The zero-order chi connectivity index (χ0) is 11.4. The number of hydrogen-bond acceptors (Lipinski definition) is 2. The number of rotatable bonds is 4. The van der Waals surface area contributed by atoms with Crippen LogP contribution in [0.25, 0.3) is 0 Å². The third-order valence-electron chi connectivity index (χ3n) is 1.68. The van der Waals surface area contributed by atoms with Gasteiger partial charge in [-0.15, -0.1) is 0 Å². The first kappa shape index (κ1) is 11.4. The molecule has 82 valence electrons. The Morgan fingerprint density at radius 3 is 2.80 bits per heavy atom. The van der Waals surface area contributed by atoms with E-state index in [0.717, 1.165) is 18.2 Å². The van der Waals surface area contributed by atoms with E-state index in [1.54, 1.807) is 0 Å². The number of carboxylic acids is 1. The minimum Gasteiger partial charge on any atom is -0.487 e. The monoisotopic (exact) mass is 216 g/mol. The van der Waals surface area contributed by atoms with Crippen LogP contribution < -0.4 is 4.74 Å². The molecule has 0 unspecified atom stereocenters. The van der Waals surface area contributed by atoms with Crippen molar-refractivity contribution in [3.8, 4) is 5.75 Å². The standard InChI is InChI=1S/C10H10F2O3/c1-6(4-10(13)14)15-9-5-7(11)2-3-8(9)12/h2-3,5-6H,4H2,1H3,(H,13,14)/t6-/m0/s1. The van der Waals surface area contributed by atoms with E-state index in [4.69, 9.17) is 9.84 Å². The van der Waals surface area contributed by atoms with Gasteiger partial charge < -0.3 is 9.84 Å². The Hall–Kier alpha value is -1.65. The lowest BCUT2D eigenvalue weighted by molar-refractivity contribution is -0.138. The molecule has 0 heterocycles. The molecular formula is C10H10F2O3. The number of benzene rings is 1. The normalized spacial score (nSPS) is 12.2. The van der Waals surface area contributed by atoms with Gasteiger partial charge in [0.15, 0.2) is 11.6 Å². The van der Waals surface area contributed by atoms with E-state index < -0.39 is 23.7 Å². The van der Waals surface area contributed by atoms with Gasteiger partial charge >= 0.3 is 5.97 Å². The van der Waals surface area contributed by atoms with Crippen molar-refractivity contribution in [1.29, 1.82) is 0 Å². The van der Waals surface area contributed by atoms with Crippen LogP contribution in [0.1, 0.15) is 13.3 Å². The summed E-state index contributed by atoms with van der Waals surface area (Å²) in [6, 6.07) is 2.77. The topological polar surface area (TPSA) is 46.5 Å². The highest BCUT2D eigenvalue weighted by molar-refractivity contribution is 5.67. The molecule has 0 radical (unpaired) electrons. The fourth-order valence-corrected chi connectivity index (χ4v) is 1.07. The predicted octanol–water partition coefficient (Wildman–Crippen LogP) is 2.21. The first-order chi connectivity index (χ1) is 6.99. The molecule has 1 aromatic carbocycles. The number of aliphatic carboxylic acids is 1. The number of halogens is 2. The Morgan fingerprint density at radius 2 is 2.20 bits per heavy atom. The van der Waals surface area contributed by atoms with Crippen molar-refractivity contribution >= 4 is 5.97 Å². The van der Waals surface area contributed by atoms with E-state index >= 15 is 0 Å². The Kier molecular flexibility index (Phi) is 3.60. The van der Waals surface area contributed by atoms with Gasteiger partial charge in [0.2, 0.25) is 0 Å². The molecule has 1 aromatic rings. The Labute approximate surface area is 85.3 Å². The minimum atomic E-state index is -1.06. The summed E-state index contributed by atoms with van der Waals surface area (Å²) in [5.41, 5.74) is 0. The molecule has 0 aliphatic carbocycles. The Balaban J connectivity index is 2.71. The maximum atomic E-state index is 13.0. The van der Waals surface area contributed by atoms with Crippen LogP contribution in [0.5, 0.6) is 5.75 Å². The van der Waals surface area contributed by atoms with Gasteiger partial charge in [-0.25, -0.2) is 8.78 Å². The van der Waals surface area contributed by atoms with Gasteiger partial charge in [0, 0.05) is 6.07 Å². The lowest BCUT2D eigenvalue weighted by Gasteiger charge is -2.12. The van der Waals surface area contributed by atoms with Crippen LogP contribution in [0.15, 0.2) is 18.2 Å². The van der Waals surface area contributed by atoms with Crippen LogP contribution >= 0.6 is 0 Å². The quantitative estimate of drug-likeness (QED) is 0.839. The number of carboxylic acid groups (broad SMARTS) is 1. The van der Waals surface area contributed by atoms with Crippen molar-refractivity contribution < 1.29 is 23.4 Å². The second-order valence-electron chi connectivity index (χ2n) is 3.10. The molecule has 0 spiro atoms. The van der Waals surface area contributed by atoms with Crippen LogP contribution in [-0.4, -0.2) is 17.2 Å². The molecule has 0 bridgehead atoms. The Morgan fingerprint density at radius 1 is 1.53 bits per heavy atom. The summed E-state index contributed by atoms with van der Waals surface area (Å²) < 4.78 is 30.7. The first-order valence-electron chi connectivity index (χ1n) is 4.32. The highest BCUT2D eigenvalue weighted by Crippen LogP contribution is 2.19. The number of carbonyl (C=O) groups is 1. The summed E-state index contributed by atoms with van der Waals surface area (Å²) in [7, 11) is 0. The maximum absolute atomic E-state index is 13.0. The summed E-state index contributed by atoms with van der Waals surface area (Å²) in [5, 5.41) is 8.44. The lowest BCUT2D eigenvalue weighted by Crippen LogP contribution is -2.17. The molecule has 0 aliphatic heterocycles. The minimum absolute atomic E-state index is 0.268. The molecule has 0 saturated heterocycles. The zero-order valence-corrected chi connectivity index (χ0v) is 8.04. The second kappa shape index (κ2) is 4.72. The molecule has 5 heteroatoms. The largest absolute Gasteiger partial charge is 0.487 e. The smallest absolute Gasteiger partial charge is 0.307 e. The van der Waals surface area contributed by atoms with E-state index in [-0.39, 0.29) is 12.2 Å². The summed E-state index contributed by atoms with van der Waals surface area (Å²) in [6.45, 7) is 1.47. The molecule has 0 fully saturated rings. The van der Waals surface area contributed by atoms with E-state index in [9.17, 15) is 13.6 Å². The average molecular weight is 216 g/mol. The van der Waals surface area contributed by atoms with Gasteiger partial charge in [-0.05, 0) is 19.1 Å². The van der Waals surface area contributed by atoms with Gasteiger partial charge in [0.1, 0.15) is 11.9 Å². The summed E-state index contributed by atoms with van der Waals surface area (Å²) >= 11 is 0. The maximum Gasteiger partial charge on any atom is 0.307 e. The molecule has 0 saturated carbocycles. The van der Waals surface area contributed by atoms with E-state index in [0.29, 0.717) is 0 Å². The zero-order valence-electron chi connectivity index (χ0n) is 8.04. The summed E-state index contributed by atoms with van der Waals surface area (Å²) in [5.74, 6) is -2.68. The fourth-order valence-electron chi connectivity index (χ4n) is 1.07. The SMILES string of the molecule is C[C@@H](CC(=O)O)Oc1cc(F)ccc1F. The van der Waals surface area contributed by atoms with Crippen LogP contribution in [-0.2, 0) is 4.79 Å². The third kappa shape index (κ3) is 3.53. The van der Waals surface area contributed by atoms with E-state index in [2.05, 4.69) is 0 Å². The average Bonchev–Trinajstić information content (AvgIpc) is 2.10. The highest BCUT2D eigenvalue weighted by Gasteiger charge is 2.12. The molecular weight excluding hydrogens is 206 g/mol. The van der Waals surface area contributed by atoms with Crippen LogP contribution in [0, 0.1) is 11.6 Å². The van der Waals surface area contributed by atoms with Gasteiger partial charge in [-0.3, -0.25) is 4.79 Å².